The van der Waals surface area contributed by atoms with Crippen LogP contribution in [0.1, 0.15) is 21.5 Å². The SMILES string of the molecule is Cc1cccc(N2CCN(C(=O)c3cnn(-c4ccccc4)c3-n3cccc3)CC2)c1C. The van der Waals surface area contributed by atoms with Gasteiger partial charge in [-0.3, -0.25) is 4.79 Å². The highest BCUT2D eigenvalue weighted by molar-refractivity contribution is 5.97. The summed E-state index contributed by atoms with van der Waals surface area (Å²) in [6, 6.07) is 20.3. The third-order valence-corrected chi connectivity index (χ3v) is 6.31. The number of piperazine rings is 1. The first kappa shape index (κ1) is 20.1. The maximum absolute atomic E-state index is 13.6. The Balaban J connectivity index is 1.41. The van der Waals surface area contributed by atoms with Crippen LogP contribution in [0.3, 0.4) is 0 Å². The second kappa shape index (κ2) is 8.38. The van der Waals surface area contributed by atoms with Crippen molar-refractivity contribution in [2.24, 2.45) is 0 Å². The number of aryl methyl sites for hydroxylation is 1. The molecule has 1 saturated heterocycles. The van der Waals surface area contributed by atoms with Crippen molar-refractivity contribution in [3.63, 3.8) is 0 Å². The van der Waals surface area contributed by atoms with Crippen LogP contribution >= 0.6 is 0 Å². The van der Waals surface area contributed by atoms with E-state index in [1.54, 1.807) is 6.20 Å². The van der Waals surface area contributed by atoms with Gasteiger partial charge in [0.25, 0.3) is 5.91 Å². The van der Waals surface area contributed by atoms with E-state index in [4.69, 9.17) is 0 Å². The minimum Gasteiger partial charge on any atom is -0.368 e. The molecule has 0 saturated carbocycles. The molecule has 3 heterocycles. The highest BCUT2D eigenvalue weighted by atomic mass is 16.2. The third-order valence-electron chi connectivity index (χ3n) is 6.31. The number of benzene rings is 2. The summed E-state index contributed by atoms with van der Waals surface area (Å²) in [6.45, 7) is 7.33. The highest BCUT2D eigenvalue weighted by Gasteiger charge is 2.27. The molecule has 0 unspecified atom stereocenters. The standard InChI is InChI=1S/C26H27N5O/c1-20-9-8-12-24(21(20)2)28-15-17-30(18-16-28)26(32)23-19-27-31(22-10-4-3-5-11-22)25(23)29-13-6-7-14-29/h3-14,19H,15-18H2,1-2H3. The molecule has 0 N–H and O–H groups in total. The van der Waals surface area contributed by atoms with Gasteiger partial charge in [0.1, 0.15) is 5.56 Å². The van der Waals surface area contributed by atoms with Crippen LogP contribution in [0.4, 0.5) is 5.69 Å². The Hall–Kier alpha value is -3.80. The van der Waals surface area contributed by atoms with Crippen LogP contribution in [-0.2, 0) is 0 Å². The lowest BCUT2D eigenvalue weighted by Gasteiger charge is -2.37. The minimum absolute atomic E-state index is 0.0245. The number of para-hydroxylation sites is 1. The normalized spacial score (nSPS) is 14.1. The Kier molecular flexibility index (Phi) is 5.27. The molecule has 2 aromatic heterocycles. The lowest BCUT2D eigenvalue weighted by atomic mass is 10.1. The number of anilines is 1. The van der Waals surface area contributed by atoms with Crippen molar-refractivity contribution >= 4 is 11.6 Å². The van der Waals surface area contributed by atoms with Crippen LogP contribution in [-0.4, -0.2) is 51.3 Å². The smallest absolute Gasteiger partial charge is 0.259 e. The van der Waals surface area contributed by atoms with Crippen molar-refractivity contribution in [1.29, 1.82) is 0 Å². The second-order valence-electron chi connectivity index (χ2n) is 8.22. The summed E-state index contributed by atoms with van der Waals surface area (Å²) in [5.41, 5.74) is 5.42. The maximum atomic E-state index is 13.6. The summed E-state index contributed by atoms with van der Waals surface area (Å²) >= 11 is 0. The van der Waals surface area contributed by atoms with Gasteiger partial charge in [0.05, 0.1) is 11.9 Å². The predicted molar refractivity (Wildman–Crippen MR) is 127 cm³/mol. The molecule has 1 aliphatic rings. The maximum Gasteiger partial charge on any atom is 0.259 e. The van der Waals surface area contributed by atoms with Crippen molar-refractivity contribution in [1.82, 2.24) is 19.2 Å². The number of amides is 1. The summed E-state index contributed by atoms with van der Waals surface area (Å²) in [7, 11) is 0. The summed E-state index contributed by atoms with van der Waals surface area (Å²) < 4.78 is 3.79. The molecule has 4 aromatic rings. The number of carbonyl (C=O) groups is 1. The lowest BCUT2D eigenvalue weighted by Crippen LogP contribution is -2.49. The van der Waals surface area contributed by atoms with Crippen molar-refractivity contribution in [3.05, 3.63) is 95.9 Å². The zero-order chi connectivity index (χ0) is 22.1. The van der Waals surface area contributed by atoms with Gasteiger partial charge in [-0.25, -0.2) is 4.68 Å². The van der Waals surface area contributed by atoms with Crippen LogP contribution in [0.25, 0.3) is 11.5 Å². The van der Waals surface area contributed by atoms with Gasteiger partial charge in [-0.2, -0.15) is 5.10 Å². The molecule has 5 rings (SSSR count). The van der Waals surface area contributed by atoms with Gasteiger partial charge in [0.2, 0.25) is 0 Å². The van der Waals surface area contributed by atoms with E-state index in [-0.39, 0.29) is 5.91 Å². The number of hydrogen-bond acceptors (Lipinski definition) is 3. The molecule has 0 bridgehead atoms. The molecule has 6 heteroatoms. The molecule has 1 amide bonds. The Labute approximate surface area is 188 Å². The molecule has 1 aliphatic heterocycles. The molecule has 1 fully saturated rings. The Morgan fingerprint density at radius 1 is 0.844 bits per heavy atom. The average Bonchev–Trinajstić information content (AvgIpc) is 3.51. The molecule has 0 atom stereocenters. The largest absolute Gasteiger partial charge is 0.368 e. The van der Waals surface area contributed by atoms with Crippen molar-refractivity contribution in [2.75, 3.05) is 31.1 Å². The van der Waals surface area contributed by atoms with Crippen LogP contribution in [0.2, 0.25) is 0 Å². The van der Waals surface area contributed by atoms with Gasteiger partial charge in [-0.1, -0.05) is 30.3 Å². The quantitative estimate of drug-likeness (QED) is 0.491. The number of nitrogens with zero attached hydrogens (tertiary/aromatic N) is 5. The summed E-state index contributed by atoms with van der Waals surface area (Å²) in [5.74, 6) is 0.791. The van der Waals surface area contributed by atoms with Crippen LogP contribution < -0.4 is 4.90 Å². The monoisotopic (exact) mass is 425 g/mol. The van der Waals surface area contributed by atoms with E-state index in [0.29, 0.717) is 18.7 Å². The molecule has 0 spiro atoms. The fourth-order valence-corrected chi connectivity index (χ4v) is 4.37. The zero-order valence-corrected chi connectivity index (χ0v) is 18.5. The fraction of sp³-hybridized carbons (Fsp3) is 0.231. The van der Waals surface area contributed by atoms with Gasteiger partial charge < -0.3 is 14.4 Å². The molecular weight excluding hydrogens is 398 g/mol. The van der Waals surface area contributed by atoms with Crippen LogP contribution in [0.5, 0.6) is 0 Å². The van der Waals surface area contributed by atoms with E-state index in [0.717, 1.165) is 24.6 Å². The van der Waals surface area contributed by atoms with Crippen LogP contribution in [0.15, 0.2) is 79.3 Å². The molecule has 32 heavy (non-hydrogen) atoms. The molecule has 0 radical (unpaired) electrons. The highest BCUT2D eigenvalue weighted by Crippen LogP contribution is 2.25. The zero-order valence-electron chi connectivity index (χ0n) is 18.5. The van der Waals surface area contributed by atoms with E-state index in [2.05, 4.69) is 42.0 Å². The first-order valence-electron chi connectivity index (χ1n) is 11.0. The lowest BCUT2D eigenvalue weighted by molar-refractivity contribution is 0.0746. The number of carbonyl (C=O) groups excluding carboxylic acids is 1. The van der Waals surface area contributed by atoms with E-state index in [1.807, 2.05) is 69.0 Å². The van der Waals surface area contributed by atoms with Gasteiger partial charge in [-0.05, 0) is 55.3 Å². The Morgan fingerprint density at radius 2 is 1.56 bits per heavy atom. The fourth-order valence-electron chi connectivity index (χ4n) is 4.37. The van der Waals surface area contributed by atoms with E-state index >= 15 is 0 Å². The summed E-state index contributed by atoms with van der Waals surface area (Å²) in [5, 5.41) is 4.58. The molecule has 162 valence electrons. The van der Waals surface area contributed by atoms with E-state index in [9.17, 15) is 4.79 Å². The molecule has 2 aromatic carbocycles. The van der Waals surface area contributed by atoms with Gasteiger partial charge in [0, 0.05) is 44.3 Å². The first-order chi connectivity index (χ1) is 15.6. The van der Waals surface area contributed by atoms with Crippen molar-refractivity contribution in [3.8, 4) is 11.5 Å². The second-order valence-corrected chi connectivity index (χ2v) is 8.22. The summed E-state index contributed by atoms with van der Waals surface area (Å²) in [6.07, 6.45) is 5.60. The van der Waals surface area contributed by atoms with E-state index < -0.39 is 0 Å². The van der Waals surface area contributed by atoms with Crippen molar-refractivity contribution < 1.29 is 4.79 Å². The number of rotatable bonds is 4. The Bertz CT molecular complexity index is 1220. The summed E-state index contributed by atoms with van der Waals surface area (Å²) in [4.78, 5) is 17.9. The number of aromatic nitrogens is 3. The van der Waals surface area contributed by atoms with Gasteiger partial charge >= 0.3 is 0 Å². The van der Waals surface area contributed by atoms with Crippen LogP contribution in [0, 0.1) is 13.8 Å². The topological polar surface area (TPSA) is 46.3 Å². The van der Waals surface area contributed by atoms with E-state index in [1.165, 1.54) is 16.8 Å². The van der Waals surface area contributed by atoms with Crippen molar-refractivity contribution in [2.45, 2.75) is 13.8 Å². The first-order valence-corrected chi connectivity index (χ1v) is 11.0. The third kappa shape index (κ3) is 3.58. The minimum atomic E-state index is 0.0245. The molecule has 0 aliphatic carbocycles. The van der Waals surface area contributed by atoms with Gasteiger partial charge in [-0.15, -0.1) is 0 Å². The van der Waals surface area contributed by atoms with Gasteiger partial charge in [0.15, 0.2) is 5.82 Å². The average molecular weight is 426 g/mol. The Morgan fingerprint density at radius 3 is 2.28 bits per heavy atom. The molecule has 6 nitrogen and oxygen atoms in total. The molecular formula is C26H27N5O. The predicted octanol–water partition coefficient (Wildman–Crippen LogP) is 4.24. The number of hydrogen-bond donors (Lipinski definition) is 0.